The van der Waals surface area contributed by atoms with E-state index < -0.39 is 5.24 Å². The van der Waals surface area contributed by atoms with Crippen molar-refractivity contribution in [3.63, 3.8) is 0 Å². The van der Waals surface area contributed by atoms with E-state index in [1.165, 1.54) is 0 Å². The molecule has 0 spiro atoms. The molecule has 0 saturated heterocycles. The first-order chi connectivity index (χ1) is 7.27. The van der Waals surface area contributed by atoms with Crippen LogP contribution in [0.2, 0.25) is 0 Å². The summed E-state index contributed by atoms with van der Waals surface area (Å²) >= 11 is 5.52. The van der Waals surface area contributed by atoms with E-state index in [4.69, 9.17) is 11.6 Å². The summed E-state index contributed by atoms with van der Waals surface area (Å²) in [4.78, 5) is 15.4. The fourth-order valence-electron chi connectivity index (χ4n) is 1.97. The Morgan fingerprint density at radius 1 is 1.27 bits per heavy atom. The fourth-order valence-corrected chi connectivity index (χ4v) is 2.12. The smallest absolute Gasteiger partial charge is 0.253 e. The molecular formula is C12H6ClNO. The normalized spacial score (nSPS) is 13.0. The van der Waals surface area contributed by atoms with Crippen LogP contribution in [0.15, 0.2) is 30.5 Å². The maximum absolute atomic E-state index is 11.2. The largest absolute Gasteiger partial charge is 0.276 e. The lowest BCUT2D eigenvalue weighted by atomic mass is 10.1. The average Bonchev–Trinajstić information content (AvgIpc) is 2.61. The van der Waals surface area contributed by atoms with Gasteiger partial charge in [-0.15, -0.1) is 0 Å². The van der Waals surface area contributed by atoms with Crippen molar-refractivity contribution in [2.75, 3.05) is 0 Å². The summed E-state index contributed by atoms with van der Waals surface area (Å²) in [6.07, 6.45) is 3.48. The third-order valence-electron chi connectivity index (χ3n) is 2.60. The highest BCUT2D eigenvalue weighted by atomic mass is 35.5. The molecule has 0 aliphatic heterocycles. The Morgan fingerprint density at radius 2 is 2.13 bits per heavy atom. The molecule has 15 heavy (non-hydrogen) atoms. The van der Waals surface area contributed by atoms with Gasteiger partial charge in [-0.1, -0.05) is 18.2 Å². The minimum atomic E-state index is -0.430. The zero-order valence-corrected chi connectivity index (χ0v) is 8.45. The molecule has 0 amide bonds. The molecule has 2 aromatic rings. The summed E-state index contributed by atoms with van der Waals surface area (Å²) in [5.74, 6) is 0. The van der Waals surface area contributed by atoms with E-state index in [1.54, 1.807) is 12.3 Å². The Kier molecular flexibility index (Phi) is 1.67. The van der Waals surface area contributed by atoms with Crippen molar-refractivity contribution < 1.29 is 4.79 Å². The van der Waals surface area contributed by atoms with E-state index in [9.17, 15) is 4.79 Å². The summed E-state index contributed by atoms with van der Waals surface area (Å²) in [6.45, 7) is 0. The van der Waals surface area contributed by atoms with Crippen LogP contribution in [0, 0.1) is 0 Å². The van der Waals surface area contributed by atoms with Crippen LogP contribution < -0.4 is 0 Å². The Hall–Kier alpha value is -1.67. The van der Waals surface area contributed by atoms with E-state index in [1.807, 2.05) is 24.3 Å². The number of aromatic nitrogens is 1. The fraction of sp³-hybridized carbons (Fsp3) is 0. The first-order valence-corrected chi connectivity index (χ1v) is 4.95. The summed E-state index contributed by atoms with van der Waals surface area (Å²) in [7, 11) is 0. The van der Waals surface area contributed by atoms with Gasteiger partial charge in [0, 0.05) is 17.2 Å². The predicted octanol–water partition coefficient (Wildman–Crippen LogP) is 2.85. The maximum atomic E-state index is 11.2. The van der Waals surface area contributed by atoms with E-state index >= 15 is 0 Å². The lowest BCUT2D eigenvalue weighted by Gasteiger charge is -2.01. The third-order valence-corrected chi connectivity index (χ3v) is 2.81. The van der Waals surface area contributed by atoms with Crippen molar-refractivity contribution in [1.29, 1.82) is 0 Å². The minimum absolute atomic E-state index is 0.430. The van der Waals surface area contributed by atoms with E-state index in [0.717, 1.165) is 22.0 Å². The van der Waals surface area contributed by atoms with Crippen LogP contribution in [0.4, 0.5) is 0 Å². The lowest BCUT2D eigenvalue weighted by molar-refractivity contribution is -0.106. The second-order valence-electron chi connectivity index (χ2n) is 3.43. The summed E-state index contributed by atoms with van der Waals surface area (Å²) in [5.41, 5.74) is 2.25. The SMILES string of the molecule is O=C(Cl)C1=Cc2nccc3cccc1c23. The Balaban J connectivity index is 2.45. The van der Waals surface area contributed by atoms with Crippen LogP contribution in [0.5, 0.6) is 0 Å². The number of rotatable bonds is 1. The van der Waals surface area contributed by atoms with Crippen LogP contribution in [-0.4, -0.2) is 10.2 Å². The van der Waals surface area contributed by atoms with Gasteiger partial charge in [-0.3, -0.25) is 9.78 Å². The van der Waals surface area contributed by atoms with Crippen molar-refractivity contribution in [1.82, 2.24) is 4.98 Å². The van der Waals surface area contributed by atoms with Gasteiger partial charge in [-0.25, -0.2) is 0 Å². The molecule has 1 aromatic heterocycles. The van der Waals surface area contributed by atoms with E-state index in [2.05, 4.69) is 4.98 Å². The van der Waals surface area contributed by atoms with Crippen molar-refractivity contribution in [3.8, 4) is 0 Å². The number of benzene rings is 1. The molecule has 3 heteroatoms. The molecule has 3 rings (SSSR count). The molecule has 72 valence electrons. The van der Waals surface area contributed by atoms with Crippen LogP contribution in [0.25, 0.3) is 22.4 Å². The molecule has 1 aliphatic rings. The van der Waals surface area contributed by atoms with Gasteiger partial charge in [0.05, 0.1) is 5.69 Å². The Bertz CT molecular complexity index is 611. The third kappa shape index (κ3) is 1.12. The minimum Gasteiger partial charge on any atom is -0.276 e. The number of pyridine rings is 1. The zero-order valence-electron chi connectivity index (χ0n) is 7.70. The predicted molar refractivity (Wildman–Crippen MR) is 60.5 cm³/mol. The quantitative estimate of drug-likeness (QED) is 0.685. The molecule has 0 N–H and O–H groups in total. The standard InChI is InChI=1S/C12H6ClNO/c13-12(15)9-6-10-11-7(4-5-14-10)2-1-3-8(9)11/h1-6H. The van der Waals surface area contributed by atoms with Crippen molar-refractivity contribution in [2.24, 2.45) is 0 Å². The van der Waals surface area contributed by atoms with Gasteiger partial charge in [0.2, 0.25) is 0 Å². The van der Waals surface area contributed by atoms with Gasteiger partial charge in [0.25, 0.3) is 5.24 Å². The second-order valence-corrected chi connectivity index (χ2v) is 3.77. The molecule has 0 bridgehead atoms. The van der Waals surface area contributed by atoms with Crippen LogP contribution in [0.1, 0.15) is 11.3 Å². The Morgan fingerprint density at radius 3 is 2.93 bits per heavy atom. The summed E-state index contributed by atoms with van der Waals surface area (Å²) < 4.78 is 0. The molecule has 1 heterocycles. The number of nitrogens with zero attached hydrogens (tertiary/aromatic N) is 1. The van der Waals surface area contributed by atoms with Crippen molar-refractivity contribution >= 4 is 39.3 Å². The van der Waals surface area contributed by atoms with Crippen LogP contribution in [0.3, 0.4) is 0 Å². The number of carbonyl (C=O) groups is 1. The van der Waals surface area contributed by atoms with Crippen molar-refractivity contribution in [2.45, 2.75) is 0 Å². The topological polar surface area (TPSA) is 30.0 Å². The average molecular weight is 216 g/mol. The Labute approximate surface area is 91.2 Å². The molecule has 0 atom stereocenters. The molecule has 0 unspecified atom stereocenters. The van der Waals surface area contributed by atoms with Gasteiger partial charge >= 0.3 is 0 Å². The number of carbonyl (C=O) groups excluding carboxylic acids is 1. The van der Waals surface area contributed by atoms with E-state index in [0.29, 0.717) is 5.57 Å². The summed E-state index contributed by atoms with van der Waals surface area (Å²) in [5, 5.41) is 1.67. The molecule has 1 aromatic carbocycles. The first-order valence-electron chi connectivity index (χ1n) is 4.57. The van der Waals surface area contributed by atoms with Gasteiger partial charge < -0.3 is 0 Å². The molecule has 0 radical (unpaired) electrons. The molecular weight excluding hydrogens is 210 g/mol. The van der Waals surface area contributed by atoms with E-state index in [-0.39, 0.29) is 0 Å². The van der Waals surface area contributed by atoms with Crippen LogP contribution in [-0.2, 0) is 4.79 Å². The highest BCUT2D eigenvalue weighted by molar-refractivity contribution is 6.75. The maximum Gasteiger partial charge on any atom is 0.253 e. The molecule has 1 aliphatic carbocycles. The highest BCUT2D eigenvalue weighted by Gasteiger charge is 2.20. The monoisotopic (exact) mass is 215 g/mol. The highest BCUT2D eigenvalue weighted by Crippen LogP contribution is 2.35. The lowest BCUT2D eigenvalue weighted by Crippen LogP contribution is -1.89. The number of hydrogen-bond donors (Lipinski definition) is 0. The number of allylic oxidation sites excluding steroid dienone is 1. The van der Waals surface area contributed by atoms with Gasteiger partial charge in [-0.05, 0) is 34.7 Å². The van der Waals surface area contributed by atoms with Gasteiger partial charge in [0.1, 0.15) is 0 Å². The molecule has 2 nitrogen and oxygen atoms in total. The molecule has 0 saturated carbocycles. The van der Waals surface area contributed by atoms with Gasteiger partial charge in [-0.2, -0.15) is 0 Å². The number of halogens is 1. The zero-order chi connectivity index (χ0) is 10.4. The first kappa shape index (κ1) is 8.62. The second kappa shape index (κ2) is 2.91. The summed E-state index contributed by atoms with van der Waals surface area (Å²) in [6, 6.07) is 7.74. The number of hydrogen-bond acceptors (Lipinski definition) is 2. The van der Waals surface area contributed by atoms with Crippen LogP contribution >= 0.6 is 11.6 Å². The molecule has 0 fully saturated rings. The van der Waals surface area contributed by atoms with Crippen molar-refractivity contribution in [3.05, 3.63) is 41.7 Å². The van der Waals surface area contributed by atoms with Gasteiger partial charge in [0.15, 0.2) is 0 Å².